The first-order valence-corrected chi connectivity index (χ1v) is 7.74. The normalized spacial score (nSPS) is 19.2. The van der Waals surface area contributed by atoms with Gasteiger partial charge in [-0.3, -0.25) is 4.79 Å². The van der Waals surface area contributed by atoms with Crippen LogP contribution in [-0.2, 0) is 22.5 Å². The van der Waals surface area contributed by atoms with Gasteiger partial charge in [-0.15, -0.1) is 0 Å². The number of rotatable bonds is 4. The van der Waals surface area contributed by atoms with Crippen LogP contribution in [0.1, 0.15) is 28.4 Å². The maximum atomic E-state index is 12.6. The van der Waals surface area contributed by atoms with Gasteiger partial charge in [0.2, 0.25) is 0 Å². The summed E-state index contributed by atoms with van der Waals surface area (Å²) >= 11 is 0. The number of esters is 1. The zero-order valence-electron chi connectivity index (χ0n) is 13.7. The van der Waals surface area contributed by atoms with Crippen LogP contribution in [0.15, 0.2) is 48.5 Å². The van der Waals surface area contributed by atoms with Gasteiger partial charge in [0.05, 0.1) is 12.7 Å². The van der Waals surface area contributed by atoms with Crippen molar-refractivity contribution < 1.29 is 19.1 Å². The molecule has 1 amide bonds. The Kier molecular flexibility index (Phi) is 4.25. The van der Waals surface area contributed by atoms with E-state index in [-0.39, 0.29) is 5.91 Å². The van der Waals surface area contributed by atoms with E-state index < -0.39 is 11.6 Å². The lowest BCUT2D eigenvalue weighted by atomic mass is 9.89. The van der Waals surface area contributed by atoms with Gasteiger partial charge in [0.25, 0.3) is 5.91 Å². The SMILES string of the molecule is COc1ccc(CNC(=O)C2(C)Cc3ccccc3C(=O)O2)cc1. The molecule has 0 saturated carbocycles. The minimum absolute atomic E-state index is 0.304. The highest BCUT2D eigenvalue weighted by Gasteiger charge is 2.42. The van der Waals surface area contributed by atoms with Crippen molar-refractivity contribution in [3.8, 4) is 5.75 Å². The standard InChI is InChI=1S/C19H19NO4/c1-19(11-14-5-3-4-6-16(14)17(21)24-19)18(22)20-12-13-7-9-15(23-2)10-8-13/h3-10H,11-12H2,1-2H3,(H,20,22). The van der Waals surface area contributed by atoms with E-state index in [4.69, 9.17) is 9.47 Å². The second-order valence-electron chi connectivity index (χ2n) is 5.99. The fourth-order valence-electron chi connectivity index (χ4n) is 2.77. The molecule has 1 heterocycles. The molecule has 1 N–H and O–H groups in total. The molecule has 1 aliphatic heterocycles. The van der Waals surface area contributed by atoms with E-state index >= 15 is 0 Å². The number of hydrogen-bond donors (Lipinski definition) is 1. The van der Waals surface area contributed by atoms with Crippen LogP contribution in [-0.4, -0.2) is 24.6 Å². The highest BCUT2D eigenvalue weighted by Crippen LogP contribution is 2.28. The van der Waals surface area contributed by atoms with E-state index in [1.807, 2.05) is 36.4 Å². The van der Waals surface area contributed by atoms with Crippen LogP contribution in [0, 0.1) is 0 Å². The molecular weight excluding hydrogens is 306 g/mol. The molecule has 0 spiro atoms. The maximum Gasteiger partial charge on any atom is 0.339 e. The molecule has 0 bridgehead atoms. The summed E-state index contributed by atoms with van der Waals surface area (Å²) in [5.41, 5.74) is 1.10. The molecule has 0 fully saturated rings. The summed E-state index contributed by atoms with van der Waals surface area (Å²) in [5, 5.41) is 2.84. The molecule has 2 aromatic carbocycles. The highest BCUT2D eigenvalue weighted by molar-refractivity contribution is 5.97. The van der Waals surface area contributed by atoms with Gasteiger partial charge >= 0.3 is 5.97 Å². The molecule has 124 valence electrons. The first-order valence-electron chi connectivity index (χ1n) is 7.74. The van der Waals surface area contributed by atoms with Crippen molar-refractivity contribution in [2.75, 3.05) is 7.11 Å². The molecule has 24 heavy (non-hydrogen) atoms. The van der Waals surface area contributed by atoms with Crippen LogP contribution < -0.4 is 10.1 Å². The molecule has 0 aromatic heterocycles. The van der Waals surface area contributed by atoms with Crippen LogP contribution in [0.3, 0.4) is 0 Å². The second-order valence-corrected chi connectivity index (χ2v) is 5.99. The van der Waals surface area contributed by atoms with Gasteiger partial charge in [-0.25, -0.2) is 4.79 Å². The van der Waals surface area contributed by atoms with Crippen LogP contribution >= 0.6 is 0 Å². The van der Waals surface area contributed by atoms with Gasteiger partial charge in [0.15, 0.2) is 5.60 Å². The van der Waals surface area contributed by atoms with E-state index in [2.05, 4.69) is 5.32 Å². The number of ether oxygens (including phenoxy) is 2. The molecule has 0 aliphatic carbocycles. The maximum absolute atomic E-state index is 12.6. The largest absolute Gasteiger partial charge is 0.497 e. The number of fused-ring (bicyclic) bond motifs is 1. The fourth-order valence-corrected chi connectivity index (χ4v) is 2.77. The van der Waals surface area contributed by atoms with Crippen LogP contribution in [0.5, 0.6) is 5.75 Å². The Balaban J connectivity index is 1.69. The zero-order chi connectivity index (χ0) is 17.2. The van der Waals surface area contributed by atoms with Gasteiger partial charge in [-0.1, -0.05) is 30.3 Å². The summed E-state index contributed by atoms with van der Waals surface area (Å²) in [6.07, 6.45) is 0.364. The minimum atomic E-state index is -1.20. The van der Waals surface area contributed by atoms with Crippen molar-refractivity contribution in [3.63, 3.8) is 0 Å². The van der Waals surface area contributed by atoms with Gasteiger partial charge in [0.1, 0.15) is 5.75 Å². The molecule has 5 heteroatoms. The summed E-state index contributed by atoms with van der Waals surface area (Å²) < 4.78 is 10.5. The number of methoxy groups -OCH3 is 1. The summed E-state index contributed by atoms with van der Waals surface area (Å²) in [5.74, 6) is -0.00465. The van der Waals surface area contributed by atoms with Crippen molar-refractivity contribution in [3.05, 3.63) is 65.2 Å². The van der Waals surface area contributed by atoms with Gasteiger partial charge in [-0.05, 0) is 36.2 Å². The molecule has 1 atom stereocenters. The van der Waals surface area contributed by atoms with Crippen LogP contribution in [0.4, 0.5) is 0 Å². The smallest absolute Gasteiger partial charge is 0.339 e. The molecule has 0 saturated heterocycles. The van der Waals surface area contributed by atoms with E-state index in [1.54, 1.807) is 26.2 Å². The lowest BCUT2D eigenvalue weighted by Crippen LogP contribution is -2.51. The molecule has 0 radical (unpaired) electrons. The zero-order valence-corrected chi connectivity index (χ0v) is 13.7. The molecule has 1 unspecified atom stereocenters. The monoisotopic (exact) mass is 325 g/mol. The van der Waals surface area contributed by atoms with Crippen LogP contribution in [0.25, 0.3) is 0 Å². The average Bonchev–Trinajstić information content (AvgIpc) is 2.60. The quantitative estimate of drug-likeness (QED) is 0.877. The first kappa shape index (κ1) is 16.1. The number of nitrogens with one attached hydrogen (secondary N) is 1. The predicted molar refractivity (Wildman–Crippen MR) is 88.8 cm³/mol. The summed E-state index contributed by atoms with van der Waals surface area (Å²) in [6.45, 7) is 2.00. The Bertz CT molecular complexity index is 769. The highest BCUT2D eigenvalue weighted by atomic mass is 16.6. The Morgan fingerprint density at radius 1 is 1.21 bits per heavy atom. The molecule has 2 aromatic rings. The summed E-state index contributed by atoms with van der Waals surface area (Å²) in [6, 6.07) is 14.6. The topological polar surface area (TPSA) is 64.6 Å². The number of carbonyl (C=O) groups is 2. The van der Waals surface area contributed by atoms with E-state index in [9.17, 15) is 9.59 Å². The van der Waals surface area contributed by atoms with Gasteiger partial charge in [0, 0.05) is 13.0 Å². The van der Waals surface area contributed by atoms with Gasteiger partial charge in [-0.2, -0.15) is 0 Å². The van der Waals surface area contributed by atoms with Crippen molar-refractivity contribution in [1.29, 1.82) is 0 Å². The molecule has 1 aliphatic rings. The lowest BCUT2D eigenvalue weighted by Gasteiger charge is -2.33. The number of cyclic esters (lactones) is 1. The van der Waals surface area contributed by atoms with Crippen molar-refractivity contribution in [2.24, 2.45) is 0 Å². The second kappa shape index (κ2) is 6.35. The van der Waals surface area contributed by atoms with E-state index in [1.165, 1.54) is 0 Å². The molecule has 3 rings (SSSR count). The van der Waals surface area contributed by atoms with Crippen molar-refractivity contribution >= 4 is 11.9 Å². The van der Waals surface area contributed by atoms with Crippen molar-refractivity contribution in [2.45, 2.75) is 25.5 Å². The number of amides is 1. The Morgan fingerprint density at radius 2 is 1.92 bits per heavy atom. The third-order valence-corrected chi connectivity index (χ3v) is 4.18. The predicted octanol–water partition coefficient (Wildman–Crippen LogP) is 2.48. The number of benzene rings is 2. The van der Waals surface area contributed by atoms with Crippen LogP contribution in [0.2, 0.25) is 0 Å². The third kappa shape index (κ3) is 3.11. The third-order valence-electron chi connectivity index (χ3n) is 4.18. The fraction of sp³-hybridized carbons (Fsp3) is 0.263. The number of hydrogen-bond acceptors (Lipinski definition) is 4. The number of carbonyl (C=O) groups excluding carboxylic acids is 2. The van der Waals surface area contributed by atoms with Gasteiger partial charge < -0.3 is 14.8 Å². The summed E-state index contributed by atoms with van der Waals surface area (Å²) in [7, 11) is 1.60. The lowest BCUT2D eigenvalue weighted by molar-refractivity contribution is -0.139. The average molecular weight is 325 g/mol. The summed E-state index contributed by atoms with van der Waals surface area (Å²) in [4.78, 5) is 24.7. The Labute approximate surface area is 140 Å². The van der Waals surface area contributed by atoms with E-state index in [0.717, 1.165) is 16.9 Å². The Morgan fingerprint density at radius 3 is 2.62 bits per heavy atom. The van der Waals surface area contributed by atoms with Crippen molar-refractivity contribution in [1.82, 2.24) is 5.32 Å². The minimum Gasteiger partial charge on any atom is -0.497 e. The Hall–Kier alpha value is -2.82. The molecule has 5 nitrogen and oxygen atoms in total. The van der Waals surface area contributed by atoms with E-state index in [0.29, 0.717) is 18.5 Å². The first-order chi connectivity index (χ1) is 11.5. The molecular formula is C19H19NO4.